The highest BCUT2D eigenvalue weighted by Gasteiger charge is 2.31. The van der Waals surface area contributed by atoms with Gasteiger partial charge in [0.2, 0.25) is 0 Å². The van der Waals surface area contributed by atoms with E-state index >= 15 is 0 Å². The number of likely N-dealkylation sites (tertiary alicyclic amines) is 1. The third kappa shape index (κ3) is 4.68. The molecule has 6 heteroatoms. The normalized spacial score (nSPS) is 17.9. The Morgan fingerprint density at radius 2 is 2.17 bits per heavy atom. The Morgan fingerprint density at radius 1 is 1.43 bits per heavy atom. The van der Waals surface area contributed by atoms with Crippen LogP contribution >= 0.6 is 0 Å². The van der Waals surface area contributed by atoms with Crippen molar-refractivity contribution in [2.75, 3.05) is 25.5 Å². The minimum Gasteiger partial charge on any atom is -0.504 e. The first kappa shape index (κ1) is 17.2. The van der Waals surface area contributed by atoms with Gasteiger partial charge in [-0.15, -0.1) is 0 Å². The van der Waals surface area contributed by atoms with Gasteiger partial charge in [0, 0.05) is 24.8 Å². The zero-order chi connectivity index (χ0) is 17.0. The maximum Gasteiger partial charge on any atom is 0.410 e. The van der Waals surface area contributed by atoms with Crippen LogP contribution in [0.4, 0.5) is 10.5 Å². The quantitative estimate of drug-likeness (QED) is 0.890. The molecule has 1 saturated heterocycles. The van der Waals surface area contributed by atoms with Crippen molar-refractivity contribution in [1.82, 2.24) is 4.90 Å². The predicted octanol–water partition coefficient (Wildman–Crippen LogP) is 3.21. The Bertz CT molecular complexity index is 554. The van der Waals surface area contributed by atoms with E-state index in [4.69, 9.17) is 9.47 Å². The second-order valence-corrected chi connectivity index (χ2v) is 6.74. The third-order valence-corrected chi connectivity index (χ3v) is 3.73. The summed E-state index contributed by atoms with van der Waals surface area (Å²) in [5.41, 5.74) is 0.304. The highest BCUT2D eigenvalue weighted by Crippen LogP contribution is 2.29. The number of ether oxygens (including phenoxy) is 2. The smallest absolute Gasteiger partial charge is 0.410 e. The van der Waals surface area contributed by atoms with Crippen LogP contribution in [-0.4, -0.2) is 47.9 Å². The second kappa shape index (κ2) is 6.98. The average Bonchev–Trinajstić information content (AvgIpc) is 2.92. The number of aromatic hydroxyl groups is 1. The number of hydrogen-bond donors (Lipinski definition) is 2. The third-order valence-electron chi connectivity index (χ3n) is 3.73. The molecule has 1 aliphatic heterocycles. The molecule has 0 aliphatic carbocycles. The van der Waals surface area contributed by atoms with Crippen molar-refractivity contribution in [1.29, 1.82) is 0 Å². The van der Waals surface area contributed by atoms with Gasteiger partial charge in [0.25, 0.3) is 0 Å². The lowest BCUT2D eigenvalue weighted by Crippen LogP contribution is -2.42. The number of hydrogen-bond acceptors (Lipinski definition) is 5. The molecule has 2 N–H and O–H groups in total. The van der Waals surface area contributed by atoms with Crippen LogP contribution in [0.25, 0.3) is 0 Å². The number of anilines is 1. The van der Waals surface area contributed by atoms with E-state index in [0.29, 0.717) is 12.3 Å². The maximum absolute atomic E-state index is 12.2. The topological polar surface area (TPSA) is 71.0 Å². The summed E-state index contributed by atoms with van der Waals surface area (Å²) in [7, 11) is 1.51. The van der Waals surface area contributed by atoms with Gasteiger partial charge in [-0.25, -0.2) is 4.79 Å². The predicted molar refractivity (Wildman–Crippen MR) is 89.1 cm³/mol. The molecule has 1 aromatic rings. The summed E-state index contributed by atoms with van der Waals surface area (Å²) in [6, 6.07) is 5.25. The molecule has 2 rings (SSSR count). The van der Waals surface area contributed by atoms with E-state index in [1.54, 1.807) is 17.0 Å². The van der Waals surface area contributed by atoms with Crippen molar-refractivity contribution >= 4 is 11.8 Å². The average molecular weight is 322 g/mol. The van der Waals surface area contributed by atoms with Gasteiger partial charge in [0.1, 0.15) is 5.60 Å². The van der Waals surface area contributed by atoms with E-state index in [2.05, 4.69) is 5.32 Å². The number of nitrogens with one attached hydrogen (secondary N) is 1. The molecular weight excluding hydrogens is 296 g/mol. The second-order valence-electron chi connectivity index (χ2n) is 6.74. The number of phenols is 1. The van der Waals surface area contributed by atoms with Crippen LogP contribution in [0.2, 0.25) is 0 Å². The van der Waals surface area contributed by atoms with E-state index < -0.39 is 5.60 Å². The van der Waals surface area contributed by atoms with E-state index in [1.165, 1.54) is 7.11 Å². The van der Waals surface area contributed by atoms with Gasteiger partial charge in [-0.05, 0) is 45.7 Å². The Balaban J connectivity index is 1.94. The number of carbonyl (C=O) groups is 1. The van der Waals surface area contributed by atoms with Crippen LogP contribution in [-0.2, 0) is 4.74 Å². The van der Waals surface area contributed by atoms with Crippen molar-refractivity contribution in [2.45, 2.75) is 45.3 Å². The van der Waals surface area contributed by atoms with Gasteiger partial charge in [-0.3, -0.25) is 0 Å². The van der Waals surface area contributed by atoms with Gasteiger partial charge in [-0.2, -0.15) is 0 Å². The lowest BCUT2D eigenvalue weighted by Gasteiger charge is -2.29. The molecule has 1 aliphatic rings. The monoisotopic (exact) mass is 322 g/mol. The molecule has 0 spiro atoms. The summed E-state index contributed by atoms with van der Waals surface area (Å²) >= 11 is 0. The molecule has 1 heterocycles. The van der Waals surface area contributed by atoms with Crippen molar-refractivity contribution in [3.05, 3.63) is 18.2 Å². The minimum atomic E-state index is -0.487. The summed E-state index contributed by atoms with van der Waals surface area (Å²) in [6.07, 6.45) is 1.65. The van der Waals surface area contributed by atoms with E-state index in [9.17, 15) is 9.90 Å². The molecule has 23 heavy (non-hydrogen) atoms. The van der Waals surface area contributed by atoms with Gasteiger partial charge < -0.3 is 24.8 Å². The molecule has 0 aromatic heterocycles. The molecule has 0 bridgehead atoms. The standard InChI is InChI=1S/C17H26N2O4/c1-17(2,3)23-16(21)19-9-5-6-13(19)11-18-12-7-8-15(22-4)14(20)10-12/h7-8,10,13,18,20H,5-6,9,11H2,1-4H3. The first-order valence-electron chi connectivity index (χ1n) is 7.90. The Kier molecular flexibility index (Phi) is 5.23. The molecule has 128 valence electrons. The first-order valence-corrected chi connectivity index (χ1v) is 7.90. The highest BCUT2D eigenvalue weighted by molar-refractivity contribution is 5.69. The molecule has 1 atom stereocenters. The summed E-state index contributed by atoms with van der Waals surface area (Å²) in [5, 5.41) is 13.1. The van der Waals surface area contributed by atoms with Gasteiger partial charge >= 0.3 is 6.09 Å². The molecule has 1 fully saturated rings. The van der Waals surface area contributed by atoms with Crippen molar-refractivity contribution in [2.24, 2.45) is 0 Å². The number of carbonyl (C=O) groups excluding carboxylic acids is 1. The lowest BCUT2D eigenvalue weighted by molar-refractivity contribution is 0.0235. The maximum atomic E-state index is 12.2. The Morgan fingerprint density at radius 3 is 2.78 bits per heavy atom. The number of amides is 1. The van der Waals surface area contributed by atoms with Crippen molar-refractivity contribution in [3.8, 4) is 11.5 Å². The van der Waals surface area contributed by atoms with Crippen LogP contribution < -0.4 is 10.1 Å². The van der Waals surface area contributed by atoms with Crippen LogP contribution in [0.15, 0.2) is 18.2 Å². The molecule has 6 nitrogen and oxygen atoms in total. The largest absolute Gasteiger partial charge is 0.504 e. The van der Waals surface area contributed by atoms with Crippen LogP contribution in [0.3, 0.4) is 0 Å². The summed E-state index contributed by atoms with van der Waals surface area (Å²) < 4.78 is 10.5. The summed E-state index contributed by atoms with van der Waals surface area (Å²) in [6.45, 7) is 6.94. The van der Waals surface area contributed by atoms with Crippen molar-refractivity contribution in [3.63, 3.8) is 0 Å². The molecule has 1 unspecified atom stereocenters. The fourth-order valence-electron chi connectivity index (χ4n) is 2.64. The molecule has 1 aromatic carbocycles. The summed E-state index contributed by atoms with van der Waals surface area (Å²) in [4.78, 5) is 14.0. The SMILES string of the molecule is COc1ccc(NCC2CCCN2C(=O)OC(C)(C)C)cc1O. The number of benzene rings is 1. The molecular formula is C17H26N2O4. The fraction of sp³-hybridized carbons (Fsp3) is 0.588. The molecule has 1 amide bonds. The van der Waals surface area contributed by atoms with Crippen LogP contribution in [0.5, 0.6) is 11.5 Å². The fourth-order valence-corrected chi connectivity index (χ4v) is 2.64. The van der Waals surface area contributed by atoms with Crippen molar-refractivity contribution < 1.29 is 19.4 Å². The number of rotatable bonds is 4. The zero-order valence-corrected chi connectivity index (χ0v) is 14.3. The number of phenolic OH excluding ortho intramolecular Hbond substituents is 1. The molecule has 0 radical (unpaired) electrons. The van der Waals surface area contributed by atoms with E-state index in [1.807, 2.05) is 26.8 Å². The lowest BCUT2D eigenvalue weighted by atomic mass is 10.2. The highest BCUT2D eigenvalue weighted by atomic mass is 16.6. The zero-order valence-electron chi connectivity index (χ0n) is 14.3. The van der Waals surface area contributed by atoms with Crippen LogP contribution in [0.1, 0.15) is 33.6 Å². The number of nitrogens with zero attached hydrogens (tertiary/aromatic N) is 1. The Hall–Kier alpha value is -2.11. The molecule has 0 saturated carbocycles. The van der Waals surface area contributed by atoms with Crippen LogP contribution in [0, 0.1) is 0 Å². The van der Waals surface area contributed by atoms with Gasteiger partial charge in [0.05, 0.1) is 13.2 Å². The van der Waals surface area contributed by atoms with E-state index in [-0.39, 0.29) is 17.9 Å². The Labute approximate surface area is 137 Å². The van der Waals surface area contributed by atoms with Gasteiger partial charge in [-0.1, -0.05) is 0 Å². The number of methoxy groups -OCH3 is 1. The van der Waals surface area contributed by atoms with Gasteiger partial charge in [0.15, 0.2) is 11.5 Å². The minimum absolute atomic E-state index is 0.0907. The summed E-state index contributed by atoms with van der Waals surface area (Å²) in [5.74, 6) is 0.528. The first-order chi connectivity index (χ1) is 10.8. The van der Waals surface area contributed by atoms with E-state index in [0.717, 1.165) is 25.1 Å².